The number of methoxy groups -OCH3 is 1. The maximum absolute atomic E-state index is 13.9. The number of nitrogens with zero attached hydrogens (tertiary/aromatic N) is 1. The Labute approximate surface area is 214 Å². The first kappa shape index (κ1) is 28.7. The molecule has 2 N–H and O–H groups in total. The zero-order valence-electron chi connectivity index (χ0n) is 22.5. The maximum Gasteiger partial charge on any atom is 0.408 e. The fourth-order valence-electron chi connectivity index (χ4n) is 3.75. The number of carbonyl (C=O) groups excluding carboxylic acids is 3. The number of carbonyl (C=O) groups is 3. The van der Waals surface area contributed by atoms with Crippen molar-refractivity contribution in [2.24, 2.45) is 5.92 Å². The summed E-state index contributed by atoms with van der Waals surface area (Å²) in [5.41, 5.74) is 0.521. The fraction of sp³-hybridized carbons (Fsp3) is 0.464. The number of hydrogen-bond acceptors (Lipinski definition) is 5. The Hall–Kier alpha value is -3.55. The zero-order valence-corrected chi connectivity index (χ0v) is 22.5. The van der Waals surface area contributed by atoms with Gasteiger partial charge in [-0.25, -0.2) is 4.79 Å². The van der Waals surface area contributed by atoms with E-state index in [9.17, 15) is 14.4 Å². The zero-order chi connectivity index (χ0) is 27.0. The van der Waals surface area contributed by atoms with E-state index in [-0.39, 0.29) is 23.8 Å². The largest absolute Gasteiger partial charge is 0.497 e. The van der Waals surface area contributed by atoms with Crippen LogP contribution in [0.2, 0.25) is 0 Å². The van der Waals surface area contributed by atoms with Gasteiger partial charge >= 0.3 is 6.09 Å². The number of amides is 3. The van der Waals surface area contributed by atoms with Crippen molar-refractivity contribution < 1.29 is 23.9 Å². The van der Waals surface area contributed by atoms with Gasteiger partial charge in [0.1, 0.15) is 23.4 Å². The van der Waals surface area contributed by atoms with Crippen molar-refractivity contribution in [2.45, 2.75) is 72.2 Å². The molecule has 0 fully saturated rings. The molecule has 0 saturated carbocycles. The van der Waals surface area contributed by atoms with Gasteiger partial charge in [-0.15, -0.1) is 0 Å². The van der Waals surface area contributed by atoms with Crippen LogP contribution >= 0.6 is 0 Å². The second kappa shape index (κ2) is 12.4. The van der Waals surface area contributed by atoms with E-state index in [1.165, 1.54) is 4.90 Å². The Balaban J connectivity index is 2.44. The summed E-state index contributed by atoms with van der Waals surface area (Å²) in [7, 11) is 1.57. The van der Waals surface area contributed by atoms with Crippen LogP contribution in [0.4, 0.5) is 10.5 Å². The molecule has 3 amide bonds. The summed E-state index contributed by atoms with van der Waals surface area (Å²) in [5.74, 6) is -0.315. The molecule has 8 nitrogen and oxygen atoms in total. The van der Waals surface area contributed by atoms with Crippen LogP contribution in [0.3, 0.4) is 0 Å². The van der Waals surface area contributed by atoms with Crippen molar-refractivity contribution in [1.82, 2.24) is 10.2 Å². The van der Waals surface area contributed by atoms with E-state index in [4.69, 9.17) is 9.47 Å². The first-order valence-corrected chi connectivity index (χ1v) is 12.2. The van der Waals surface area contributed by atoms with Crippen LogP contribution in [0.25, 0.3) is 0 Å². The van der Waals surface area contributed by atoms with Gasteiger partial charge in [0.05, 0.1) is 7.11 Å². The molecule has 2 rings (SSSR count). The van der Waals surface area contributed by atoms with E-state index in [0.717, 1.165) is 0 Å². The van der Waals surface area contributed by atoms with Crippen molar-refractivity contribution in [1.29, 1.82) is 0 Å². The van der Waals surface area contributed by atoms with Crippen LogP contribution in [0.1, 0.15) is 60.1 Å². The lowest BCUT2D eigenvalue weighted by atomic mass is 9.97. The minimum Gasteiger partial charge on any atom is -0.497 e. The molecule has 0 aliphatic rings. The van der Waals surface area contributed by atoms with E-state index < -0.39 is 23.8 Å². The molecule has 0 radical (unpaired) electrons. The predicted molar refractivity (Wildman–Crippen MR) is 141 cm³/mol. The molecule has 0 aliphatic carbocycles. The molecular weight excluding hydrogens is 458 g/mol. The normalized spacial score (nSPS) is 13.1. The van der Waals surface area contributed by atoms with Gasteiger partial charge in [0, 0.05) is 11.7 Å². The lowest BCUT2D eigenvalue weighted by Gasteiger charge is -2.38. The highest BCUT2D eigenvalue weighted by molar-refractivity contribution is 5.99. The van der Waals surface area contributed by atoms with E-state index in [1.54, 1.807) is 52.1 Å². The van der Waals surface area contributed by atoms with Gasteiger partial charge in [0.25, 0.3) is 5.91 Å². The average Bonchev–Trinajstić information content (AvgIpc) is 2.80. The van der Waals surface area contributed by atoms with E-state index in [2.05, 4.69) is 10.6 Å². The Morgan fingerprint density at radius 3 is 1.94 bits per heavy atom. The highest BCUT2D eigenvalue weighted by Crippen LogP contribution is 2.28. The number of ether oxygens (including phenoxy) is 2. The van der Waals surface area contributed by atoms with Crippen LogP contribution in [-0.4, -0.2) is 47.6 Å². The molecule has 0 aliphatic heterocycles. The fourth-order valence-corrected chi connectivity index (χ4v) is 3.75. The second-order valence-electron chi connectivity index (χ2n) is 10.2. The van der Waals surface area contributed by atoms with Crippen LogP contribution in [0.15, 0.2) is 54.6 Å². The van der Waals surface area contributed by atoms with E-state index in [1.807, 2.05) is 58.0 Å². The summed E-state index contributed by atoms with van der Waals surface area (Å²) in [5, 5.41) is 5.64. The third-order valence-electron chi connectivity index (χ3n) is 5.42. The van der Waals surface area contributed by atoms with Crippen molar-refractivity contribution >= 4 is 23.6 Å². The first-order valence-electron chi connectivity index (χ1n) is 12.2. The maximum atomic E-state index is 13.9. The van der Waals surface area contributed by atoms with Crippen LogP contribution < -0.4 is 15.4 Å². The number of anilines is 1. The Kier molecular flexibility index (Phi) is 9.90. The minimum absolute atomic E-state index is 0.243. The van der Waals surface area contributed by atoms with Crippen LogP contribution in [0, 0.1) is 5.92 Å². The standard InChI is InChI=1S/C28H39N3O5/c1-18(2)23(30-27(34)36-28(5,6)7)26(33)31(19(3)4)24(20-12-10-9-11-13-20)25(32)29-21-14-16-22(35-8)17-15-21/h9-19,23-24H,1-8H3,(H,29,32)(H,30,34). The highest BCUT2D eigenvalue weighted by Gasteiger charge is 2.38. The number of alkyl carbamates (subject to hydrolysis) is 1. The van der Waals surface area contributed by atoms with E-state index >= 15 is 0 Å². The molecule has 196 valence electrons. The monoisotopic (exact) mass is 497 g/mol. The molecule has 2 aromatic rings. The summed E-state index contributed by atoms with van der Waals surface area (Å²) in [6, 6.07) is 13.9. The summed E-state index contributed by atoms with van der Waals surface area (Å²) in [4.78, 5) is 41.7. The third kappa shape index (κ3) is 8.00. The SMILES string of the molecule is COc1ccc(NC(=O)C(c2ccccc2)N(C(=O)C(NC(=O)OC(C)(C)C)C(C)C)C(C)C)cc1. The van der Waals surface area contributed by atoms with Gasteiger partial charge < -0.3 is 25.0 Å². The molecule has 0 heterocycles. The molecule has 36 heavy (non-hydrogen) atoms. The van der Waals surface area contributed by atoms with Crippen LogP contribution in [0.5, 0.6) is 5.75 Å². The minimum atomic E-state index is -0.928. The molecule has 8 heteroatoms. The van der Waals surface area contributed by atoms with Gasteiger partial charge in [-0.3, -0.25) is 9.59 Å². The molecular formula is C28H39N3O5. The van der Waals surface area contributed by atoms with Crippen molar-refractivity contribution in [3.8, 4) is 5.75 Å². The van der Waals surface area contributed by atoms with Crippen molar-refractivity contribution in [3.63, 3.8) is 0 Å². The molecule has 0 aromatic heterocycles. The first-order chi connectivity index (χ1) is 16.8. The number of rotatable bonds is 9. The second-order valence-corrected chi connectivity index (χ2v) is 10.2. The number of nitrogens with one attached hydrogen (secondary N) is 2. The van der Waals surface area contributed by atoms with Gasteiger partial charge in [0.15, 0.2) is 0 Å². The molecule has 2 unspecified atom stereocenters. The quantitative estimate of drug-likeness (QED) is 0.499. The van der Waals surface area contributed by atoms with Gasteiger partial charge in [-0.05, 0) is 70.4 Å². The number of benzene rings is 2. The summed E-state index contributed by atoms with van der Waals surface area (Å²) >= 11 is 0. The summed E-state index contributed by atoms with van der Waals surface area (Å²) in [6.45, 7) is 12.6. The molecule has 0 bridgehead atoms. The lowest BCUT2D eigenvalue weighted by Crippen LogP contribution is -2.56. The number of hydrogen-bond donors (Lipinski definition) is 2. The molecule has 0 spiro atoms. The van der Waals surface area contributed by atoms with Gasteiger partial charge in [-0.1, -0.05) is 44.2 Å². The highest BCUT2D eigenvalue weighted by atomic mass is 16.6. The summed E-state index contributed by atoms with van der Waals surface area (Å²) in [6.07, 6.45) is -0.683. The smallest absolute Gasteiger partial charge is 0.408 e. The topological polar surface area (TPSA) is 97.0 Å². The van der Waals surface area contributed by atoms with Gasteiger partial charge in [0.2, 0.25) is 5.91 Å². The predicted octanol–water partition coefficient (Wildman–Crippen LogP) is 5.16. The Bertz CT molecular complexity index is 1010. The van der Waals surface area contributed by atoms with Crippen molar-refractivity contribution in [2.75, 3.05) is 12.4 Å². The lowest BCUT2D eigenvalue weighted by molar-refractivity contribution is -0.143. The van der Waals surface area contributed by atoms with E-state index in [0.29, 0.717) is 17.0 Å². The molecule has 2 atom stereocenters. The average molecular weight is 498 g/mol. The summed E-state index contributed by atoms with van der Waals surface area (Å²) < 4.78 is 10.6. The molecule has 2 aromatic carbocycles. The van der Waals surface area contributed by atoms with Gasteiger partial charge in [-0.2, -0.15) is 0 Å². The Morgan fingerprint density at radius 2 is 1.47 bits per heavy atom. The van der Waals surface area contributed by atoms with Crippen LogP contribution in [-0.2, 0) is 14.3 Å². The Morgan fingerprint density at radius 1 is 0.889 bits per heavy atom. The van der Waals surface area contributed by atoms with Crippen molar-refractivity contribution in [3.05, 3.63) is 60.2 Å². The third-order valence-corrected chi connectivity index (χ3v) is 5.42. The molecule has 0 saturated heterocycles.